The third-order valence-corrected chi connectivity index (χ3v) is 2.47. The molecule has 0 saturated heterocycles. The van der Waals surface area contributed by atoms with Gasteiger partial charge in [0.2, 0.25) is 5.89 Å². The second-order valence-electron chi connectivity index (χ2n) is 3.94. The van der Waals surface area contributed by atoms with Crippen molar-refractivity contribution in [3.8, 4) is 0 Å². The number of rotatable bonds is 5. The second-order valence-corrected chi connectivity index (χ2v) is 3.94. The first-order valence-electron chi connectivity index (χ1n) is 5.77. The first-order valence-corrected chi connectivity index (χ1v) is 5.77. The van der Waals surface area contributed by atoms with E-state index in [0.29, 0.717) is 18.1 Å². The Hall–Kier alpha value is -1.75. The van der Waals surface area contributed by atoms with E-state index < -0.39 is 0 Å². The molecular weight excluding hydrogens is 216 g/mol. The molecule has 0 radical (unpaired) electrons. The van der Waals surface area contributed by atoms with E-state index in [1.54, 1.807) is 6.20 Å². The van der Waals surface area contributed by atoms with Crippen LogP contribution in [0.2, 0.25) is 0 Å². The van der Waals surface area contributed by atoms with Gasteiger partial charge in [-0.25, -0.2) is 0 Å². The quantitative estimate of drug-likeness (QED) is 0.851. The molecule has 0 aliphatic heterocycles. The van der Waals surface area contributed by atoms with Crippen LogP contribution in [0, 0.1) is 0 Å². The molecular formula is C12H16N4O. The lowest BCUT2D eigenvalue weighted by Gasteiger charge is -2.02. The van der Waals surface area contributed by atoms with Crippen LogP contribution in [0.15, 0.2) is 28.9 Å². The topological polar surface area (TPSA) is 77.8 Å². The van der Waals surface area contributed by atoms with Crippen LogP contribution in [0.4, 0.5) is 0 Å². The monoisotopic (exact) mass is 232 g/mol. The standard InChI is InChI=1S/C12H16N4O/c1-2-5-10(13)12-15-11(16-17-12)8-9-6-3-4-7-14-9/h3-4,6-7,10H,2,5,8,13H2,1H3. The molecule has 5 heteroatoms. The first kappa shape index (κ1) is 11.7. The molecule has 1 atom stereocenters. The molecule has 0 fully saturated rings. The van der Waals surface area contributed by atoms with Gasteiger partial charge < -0.3 is 10.3 Å². The van der Waals surface area contributed by atoms with Crippen molar-refractivity contribution in [3.05, 3.63) is 41.8 Å². The molecule has 0 amide bonds. The first-order chi connectivity index (χ1) is 8.29. The van der Waals surface area contributed by atoms with Crippen LogP contribution in [0.3, 0.4) is 0 Å². The molecule has 0 aliphatic rings. The molecule has 17 heavy (non-hydrogen) atoms. The van der Waals surface area contributed by atoms with Crippen molar-refractivity contribution in [2.75, 3.05) is 0 Å². The minimum atomic E-state index is -0.162. The molecule has 0 saturated carbocycles. The van der Waals surface area contributed by atoms with Gasteiger partial charge in [0.25, 0.3) is 0 Å². The normalized spacial score (nSPS) is 12.6. The lowest BCUT2D eigenvalue weighted by molar-refractivity contribution is 0.344. The predicted octanol–water partition coefficient (Wildman–Crippen LogP) is 1.86. The van der Waals surface area contributed by atoms with E-state index in [4.69, 9.17) is 10.3 Å². The summed E-state index contributed by atoms with van der Waals surface area (Å²) in [6, 6.07) is 5.58. The largest absolute Gasteiger partial charge is 0.338 e. The van der Waals surface area contributed by atoms with Crippen molar-refractivity contribution in [3.63, 3.8) is 0 Å². The third kappa shape index (κ3) is 3.10. The number of pyridine rings is 1. The summed E-state index contributed by atoms with van der Waals surface area (Å²) in [4.78, 5) is 8.49. The summed E-state index contributed by atoms with van der Waals surface area (Å²) in [7, 11) is 0. The van der Waals surface area contributed by atoms with Crippen molar-refractivity contribution in [2.24, 2.45) is 5.73 Å². The third-order valence-electron chi connectivity index (χ3n) is 2.47. The molecule has 5 nitrogen and oxygen atoms in total. The van der Waals surface area contributed by atoms with E-state index in [0.717, 1.165) is 18.5 Å². The molecule has 2 aromatic heterocycles. The van der Waals surface area contributed by atoms with Gasteiger partial charge in [0.15, 0.2) is 5.82 Å². The fourth-order valence-corrected chi connectivity index (χ4v) is 1.59. The van der Waals surface area contributed by atoms with Crippen molar-refractivity contribution in [1.29, 1.82) is 0 Å². The Labute approximate surface area is 100 Å². The van der Waals surface area contributed by atoms with Crippen molar-refractivity contribution in [1.82, 2.24) is 15.1 Å². The summed E-state index contributed by atoms with van der Waals surface area (Å²) in [6.45, 7) is 2.07. The minimum Gasteiger partial charge on any atom is -0.338 e. The average molecular weight is 232 g/mol. The van der Waals surface area contributed by atoms with Crippen LogP contribution in [0.25, 0.3) is 0 Å². The Morgan fingerprint density at radius 2 is 2.29 bits per heavy atom. The Morgan fingerprint density at radius 3 is 3.00 bits per heavy atom. The van der Waals surface area contributed by atoms with Crippen molar-refractivity contribution >= 4 is 0 Å². The van der Waals surface area contributed by atoms with E-state index in [9.17, 15) is 0 Å². The van der Waals surface area contributed by atoms with Gasteiger partial charge in [-0.15, -0.1) is 0 Å². The van der Waals surface area contributed by atoms with Crippen LogP contribution in [-0.2, 0) is 6.42 Å². The van der Waals surface area contributed by atoms with Gasteiger partial charge in [-0.05, 0) is 18.6 Å². The SMILES string of the molecule is CCCC(N)c1nc(Cc2ccccn2)no1. The van der Waals surface area contributed by atoms with Gasteiger partial charge in [-0.1, -0.05) is 24.6 Å². The molecule has 2 rings (SSSR count). The highest BCUT2D eigenvalue weighted by Gasteiger charge is 2.14. The highest BCUT2D eigenvalue weighted by atomic mass is 16.5. The molecule has 0 aromatic carbocycles. The van der Waals surface area contributed by atoms with Gasteiger partial charge in [-0.2, -0.15) is 4.98 Å². The fraction of sp³-hybridized carbons (Fsp3) is 0.417. The highest BCUT2D eigenvalue weighted by Crippen LogP contribution is 2.14. The summed E-state index contributed by atoms with van der Waals surface area (Å²) in [6.07, 6.45) is 4.17. The molecule has 0 spiro atoms. The maximum absolute atomic E-state index is 5.90. The summed E-state index contributed by atoms with van der Waals surface area (Å²) in [5.74, 6) is 1.14. The van der Waals surface area contributed by atoms with Gasteiger partial charge in [-0.3, -0.25) is 4.98 Å². The summed E-state index contributed by atoms with van der Waals surface area (Å²) >= 11 is 0. The zero-order valence-electron chi connectivity index (χ0n) is 9.84. The van der Waals surface area contributed by atoms with Gasteiger partial charge >= 0.3 is 0 Å². The zero-order valence-corrected chi connectivity index (χ0v) is 9.84. The number of nitrogens with zero attached hydrogens (tertiary/aromatic N) is 3. The highest BCUT2D eigenvalue weighted by molar-refractivity contribution is 5.09. The van der Waals surface area contributed by atoms with Crippen LogP contribution in [-0.4, -0.2) is 15.1 Å². The van der Waals surface area contributed by atoms with E-state index in [1.165, 1.54) is 0 Å². The summed E-state index contributed by atoms with van der Waals surface area (Å²) < 4.78 is 5.14. The van der Waals surface area contributed by atoms with Crippen LogP contribution >= 0.6 is 0 Å². The van der Waals surface area contributed by atoms with E-state index in [1.807, 2.05) is 18.2 Å². The van der Waals surface area contributed by atoms with Crippen LogP contribution in [0.1, 0.15) is 43.2 Å². The predicted molar refractivity (Wildman–Crippen MR) is 63.2 cm³/mol. The molecule has 0 aliphatic carbocycles. The Kier molecular flexibility index (Phi) is 3.82. The number of nitrogens with two attached hydrogens (primary N) is 1. The summed E-state index contributed by atoms with van der Waals surface area (Å²) in [5, 5.41) is 3.91. The van der Waals surface area contributed by atoms with E-state index in [2.05, 4.69) is 22.0 Å². The Balaban J connectivity index is 2.04. The average Bonchev–Trinajstić information content (AvgIpc) is 2.79. The van der Waals surface area contributed by atoms with Crippen LogP contribution < -0.4 is 5.73 Å². The number of hydrogen-bond donors (Lipinski definition) is 1. The lowest BCUT2D eigenvalue weighted by atomic mass is 10.2. The maximum Gasteiger partial charge on any atom is 0.243 e. The smallest absolute Gasteiger partial charge is 0.243 e. The van der Waals surface area contributed by atoms with E-state index >= 15 is 0 Å². The van der Waals surface area contributed by atoms with Crippen molar-refractivity contribution in [2.45, 2.75) is 32.2 Å². The Bertz CT molecular complexity index is 455. The van der Waals surface area contributed by atoms with Gasteiger partial charge in [0, 0.05) is 11.9 Å². The molecule has 0 bridgehead atoms. The molecule has 2 aromatic rings. The van der Waals surface area contributed by atoms with Gasteiger partial charge in [0.05, 0.1) is 12.5 Å². The van der Waals surface area contributed by atoms with Crippen molar-refractivity contribution < 1.29 is 4.52 Å². The zero-order chi connectivity index (χ0) is 12.1. The number of aromatic nitrogens is 3. The second kappa shape index (κ2) is 5.54. The van der Waals surface area contributed by atoms with Crippen LogP contribution in [0.5, 0.6) is 0 Å². The van der Waals surface area contributed by atoms with E-state index in [-0.39, 0.29) is 6.04 Å². The fourth-order valence-electron chi connectivity index (χ4n) is 1.59. The molecule has 2 heterocycles. The lowest BCUT2D eigenvalue weighted by Crippen LogP contribution is -2.10. The Morgan fingerprint density at radius 1 is 1.41 bits per heavy atom. The molecule has 2 N–H and O–H groups in total. The van der Waals surface area contributed by atoms with Gasteiger partial charge in [0.1, 0.15) is 0 Å². The molecule has 90 valence electrons. The minimum absolute atomic E-state index is 0.162. The number of hydrogen-bond acceptors (Lipinski definition) is 5. The summed E-state index contributed by atoms with van der Waals surface area (Å²) in [5.41, 5.74) is 6.82. The molecule has 1 unspecified atom stereocenters. The maximum atomic E-state index is 5.90.